The van der Waals surface area contributed by atoms with Crippen molar-refractivity contribution in [2.75, 3.05) is 18.5 Å². The monoisotopic (exact) mass is 194 g/mol. The van der Waals surface area contributed by atoms with E-state index in [4.69, 9.17) is 5.11 Å². The maximum atomic E-state index is 8.86. The number of anilines is 1. The molecular formula is C11H18N2O. The Hall–Kier alpha value is -1.09. The van der Waals surface area contributed by atoms with E-state index in [1.165, 1.54) is 0 Å². The van der Waals surface area contributed by atoms with Gasteiger partial charge in [0.15, 0.2) is 0 Å². The van der Waals surface area contributed by atoms with Crippen molar-refractivity contribution in [3.05, 3.63) is 24.5 Å². The second-order valence-corrected chi connectivity index (χ2v) is 4.23. The van der Waals surface area contributed by atoms with Crippen LogP contribution in [0.15, 0.2) is 24.5 Å². The number of pyridine rings is 1. The summed E-state index contributed by atoms with van der Waals surface area (Å²) >= 11 is 0. The average Bonchev–Trinajstić information content (AvgIpc) is 2.17. The number of nitrogens with zero attached hydrogens (tertiary/aromatic N) is 1. The highest BCUT2D eigenvalue weighted by Crippen LogP contribution is 2.20. The van der Waals surface area contributed by atoms with Gasteiger partial charge in [-0.05, 0) is 24.0 Å². The predicted molar refractivity (Wildman–Crippen MR) is 58.2 cm³/mol. The first-order valence-corrected chi connectivity index (χ1v) is 4.89. The van der Waals surface area contributed by atoms with E-state index in [0.29, 0.717) is 0 Å². The lowest BCUT2D eigenvalue weighted by molar-refractivity contribution is 0.220. The van der Waals surface area contributed by atoms with E-state index in [1.807, 2.05) is 12.1 Å². The molecule has 78 valence electrons. The van der Waals surface area contributed by atoms with E-state index < -0.39 is 0 Å². The molecule has 0 aliphatic rings. The Morgan fingerprint density at radius 2 is 2.00 bits per heavy atom. The second-order valence-electron chi connectivity index (χ2n) is 4.23. The highest BCUT2D eigenvalue weighted by atomic mass is 16.3. The maximum Gasteiger partial charge on any atom is 0.0436 e. The lowest BCUT2D eigenvalue weighted by Crippen LogP contribution is -2.24. The van der Waals surface area contributed by atoms with Crippen LogP contribution in [0.4, 0.5) is 5.69 Å². The van der Waals surface area contributed by atoms with Gasteiger partial charge in [-0.2, -0.15) is 0 Å². The minimum Gasteiger partial charge on any atom is -0.396 e. The first kappa shape index (κ1) is 11.0. The fourth-order valence-electron chi connectivity index (χ4n) is 1.20. The summed E-state index contributed by atoms with van der Waals surface area (Å²) in [6, 6.07) is 3.88. The average molecular weight is 194 g/mol. The Labute approximate surface area is 85.2 Å². The van der Waals surface area contributed by atoms with Crippen LogP contribution in [0.1, 0.15) is 20.3 Å². The van der Waals surface area contributed by atoms with Crippen LogP contribution in [0.25, 0.3) is 0 Å². The van der Waals surface area contributed by atoms with Crippen LogP contribution in [0.2, 0.25) is 0 Å². The van der Waals surface area contributed by atoms with Gasteiger partial charge < -0.3 is 10.4 Å². The van der Waals surface area contributed by atoms with Crippen molar-refractivity contribution >= 4 is 5.69 Å². The lowest BCUT2D eigenvalue weighted by atomic mass is 9.90. The topological polar surface area (TPSA) is 45.1 Å². The van der Waals surface area contributed by atoms with Gasteiger partial charge in [-0.1, -0.05) is 13.8 Å². The molecule has 0 amide bonds. The Balaban J connectivity index is 2.40. The molecule has 0 aliphatic carbocycles. The molecule has 3 nitrogen and oxygen atoms in total. The van der Waals surface area contributed by atoms with Gasteiger partial charge >= 0.3 is 0 Å². The van der Waals surface area contributed by atoms with E-state index >= 15 is 0 Å². The molecule has 1 aromatic heterocycles. The van der Waals surface area contributed by atoms with Crippen molar-refractivity contribution < 1.29 is 5.11 Å². The van der Waals surface area contributed by atoms with E-state index in [9.17, 15) is 0 Å². The number of nitrogens with one attached hydrogen (secondary N) is 1. The highest BCUT2D eigenvalue weighted by Gasteiger charge is 2.16. The molecule has 0 spiro atoms. The van der Waals surface area contributed by atoms with Crippen molar-refractivity contribution in [3.8, 4) is 0 Å². The fraction of sp³-hybridized carbons (Fsp3) is 0.545. The molecule has 1 heterocycles. The molecule has 0 fully saturated rings. The minimum atomic E-state index is 0.123. The highest BCUT2D eigenvalue weighted by molar-refractivity contribution is 5.40. The van der Waals surface area contributed by atoms with Crippen molar-refractivity contribution in [2.45, 2.75) is 20.3 Å². The van der Waals surface area contributed by atoms with Gasteiger partial charge in [0.05, 0.1) is 0 Å². The number of aliphatic hydroxyl groups is 1. The van der Waals surface area contributed by atoms with Crippen LogP contribution < -0.4 is 5.32 Å². The summed E-state index contributed by atoms with van der Waals surface area (Å²) in [5.74, 6) is 0. The summed E-state index contributed by atoms with van der Waals surface area (Å²) in [5.41, 5.74) is 1.20. The first-order valence-electron chi connectivity index (χ1n) is 4.89. The van der Waals surface area contributed by atoms with Gasteiger partial charge in [0.1, 0.15) is 0 Å². The van der Waals surface area contributed by atoms with Crippen LogP contribution in [0, 0.1) is 5.41 Å². The largest absolute Gasteiger partial charge is 0.396 e. The predicted octanol–water partition coefficient (Wildman–Crippen LogP) is 1.90. The summed E-state index contributed by atoms with van der Waals surface area (Å²) in [5, 5.41) is 12.2. The molecule has 1 aromatic rings. The summed E-state index contributed by atoms with van der Waals surface area (Å²) < 4.78 is 0. The molecule has 0 saturated heterocycles. The Morgan fingerprint density at radius 1 is 1.36 bits per heavy atom. The Kier molecular flexibility index (Phi) is 3.89. The van der Waals surface area contributed by atoms with E-state index in [2.05, 4.69) is 24.1 Å². The van der Waals surface area contributed by atoms with Crippen LogP contribution in [-0.4, -0.2) is 23.2 Å². The summed E-state index contributed by atoms with van der Waals surface area (Å²) in [7, 11) is 0. The third-order valence-electron chi connectivity index (χ3n) is 2.24. The van der Waals surface area contributed by atoms with Gasteiger partial charge in [0.2, 0.25) is 0 Å². The number of aromatic nitrogens is 1. The molecule has 0 radical (unpaired) electrons. The van der Waals surface area contributed by atoms with E-state index in [0.717, 1.165) is 18.7 Å². The van der Waals surface area contributed by atoms with E-state index in [1.54, 1.807) is 12.4 Å². The quantitative estimate of drug-likeness (QED) is 0.752. The summed E-state index contributed by atoms with van der Waals surface area (Å²) in [4.78, 5) is 3.95. The molecule has 3 heteroatoms. The zero-order chi connectivity index (χ0) is 10.4. The number of hydrogen-bond donors (Lipinski definition) is 2. The normalized spacial score (nSPS) is 11.4. The zero-order valence-electron chi connectivity index (χ0n) is 8.83. The van der Waals surface area contributed by atoms with Gasteiger partial charge in [0.25, 0.3) is 0 Å². The van der Waals surface area contributed by atoms with Crippen molar-refractivity contribution in [2.24, 2.45) is 5.41 Å². The fourth-order valence-corrected chi connectivity index (χ4v) is 1.20. The standard InChI is InChI=1S/C11H18N2O/c1-11(2,5-8-14)9-13-10-3-6-12-7-4-10/h3-4,6-7,14H,5,8-9H2,1-2H3,(H,12,13). The molecule has 0 bridgehead atoms. The zero-order valence-corrected chi connectivity index (χ0v) is 8.83. The van der Waals surface area contributed by atoms with Crippen LogP contribution >= 0.6 is 0 Å². The third-order valence-corrected chi connectivity index (χ3v) is 2.24. The Bertz CT molecular complexity index is 259. The number of rotatable bonds is 5. The first-order chi connectivity index (χ1) is 6.64. The molecule has 1 rings (SSSR count). The SMILES string of the molecule is CC(C)(CCO)CNc1ccncc1. The molecular weight excluding hydrogens is 176 g/mol. The molecule has 0 aliphatic heterocycles. The van der Waals surface area contributed by atoms with Crippen molar-refractivity contribution in [3.63, 3.8) is 0 Å². The van der Waals surface area contributed by atoms with Crippen LogP contribution in [0.5, 0.6) is 0 Å². The lowest BCUT2D eigenvalue weighted by Gasteiger charge is -2.24. The molecule has 0 atom stereocenters. The number of aliphatic hydroxyl groups excluding tert-OH is 1. The maximum absolute atomic E-state index is 8.86. The van der Waals surface area contributed by atoms with Crippen LogP contribution in [0.3, 0.4) is 0 Å². The van der Waals surface area contributed by atoms with E-state index in [-0.39, 0.29) is 12.0 Å². The molecule has 0 unspecified atom stereocenters. The van der Waals surface area contributed by atoms with Crippen LogP contribution in [-0.2, 0) is 0 Å². The Morgan fingerprint density at radius 3 is 2.57 bits per heavy atom. The molecule has 14 heavy (non-hydrogen) atoms. The minimum absolute atomic E-state index is 0.123. The molecule has 0 aromatic carbocycles. The third kappa shape index (κ3) is 3.75. The van der Waals surface area contributed by atoms with Gasteiger partial charge in [-0.25, -0.2) is 0 Å². The molecule has 0 saturated carbocycles. The number of hydrogen-bond acceptors (Lipinski definition) is 3. The van der Waals surface area contributed by atoms with Gasteiger partial charge in [-0.15, -0.1) is 0 Å². The van der Waals surface area contributed by atoms with Gasteiger partial charge in [0, 0.05) is 31.2 Å². The second kappa shape index (κ2) is 4.96. The summed E-state index contributed by atoms with van der Waals surface area (Å²) in [6.45, 7) is 5.37. The summed E-state index contributed by atoms with van der Waals surface area (Å²) in [6.07, 6.45) is 4.34. The molecule has 2 N–H and O–H groups in total. The smallest absolute Gasteiger partial charge is 0.0436 e. The van der Waals surface area contributed by atoms with Gasteiger partial charge in [-0.3, -0.25) is 4.98 Å². The van der Waals surface area contributed by atoms with Crippen molar-refractivity contribution in [1.82, 2.24) is 4.98 Å². The van der Waals surface area contributed by atoms with Crippen molar-refractivity contribution in [1.29, 1.82) is 0 Å².